The number of likely N-dealkylation sites (tertiary alicyclic amines) is 2. The van der Waals surface area contributed by atoms with Crippen molar-refractivity contribution in [2.24, 2.45) is 5.41 Å². The fraction of sp³-hybridized carbons (Fsp3) is 0.375. The summed E-state index contributed by atoms with van der Waals surface area (Å²) in [6.07, 6.45) is 3.32. The third kappa shape index (κ3) is 4.17. The smallest absolute Gasteiger partial charge is 0.253 e. The van der Waals surface area contributed by atoms with E-state index in [-0.39, 0.29) is 17.2 Å². The molecule has 2 aromatic carbocycles. The Morgan fingerprint density at radius 2 is 1.79 bits per heavy atom. The zero-order valence-corrected chi connectivity index (χ0v) is 16.5. The number of amides is 2. The van der Waals surface area contributed by atoms with Crippen LogP contribution in [0.25, 0.3) is 0 Å². The third-order valence-electron chi connectivity index (χ3n) is 6.31. The van der Waals surface area contributed by atoms with Crippen molar-refractivity contribution in [3.63, 3.8) is 0 Å². The van der Waals surface area contributed by atoms with Crippen molar-refractivity contribution in [3.8, 4) is 6.07 Å². The van der Waals surface area contributed by atoms with Gasteiger partial charge in [-0.3, -0.25) is 9.59 Å². The van der Waals surface area contributed by atoms with Crippen LogP contribution in [0.1, 0.15) is 47.2 Å². The van der Waals surface area contributed by atoms with Crippen molar-refractivity contribution in [1.82, 2.24) is 9.80 Å². The van der Waals surface area contributed by atoms with E-state index in [9.17, 15) is 9.59 Å². The number of nitrogens with zero attached hydrogens (tertiary/aromatic N) is 3. The van der Waals surface area contributed by atoms with Crippen LogP contribution >= 0.6 is 0 Å². The largest absolute Gasteiger partial charge is 0.339 e. The van der Waals surface area contributed by atoms with Crippen LogP contribution in [-0.4, -0.2) is 41.2 Å². The summed E-state index contributed by atoms with van der Waals surface area (Å²) in [6.45, 7) is 2.82. The van der Waals surface area contributed by atoms with Crippen LogP contribution in [0.5, 0.6) is 0 Å². The Kier molecular flexibility index (Phi) is 5.35. The van der Waals surface area contributed by atoms with E-state index in [2.05, 4.69) is 18.2 Å². The van der Waals surface area contributed by atoms with Crippen LogP contribution < -0.4 is 0 Å². The lowest BCUT2D eigenvalue weighted by Crippen LogP contribution is -2.52. The average Bonchev–Trinajstić information content (AvgIpc) is 2.77. The first kappa shape index (κ1) is 19.2. The zero-order chi connectivity index (χ0) is 20.3. The van der Waals surface area contributed by atoms with Crippen molar-refractivity contribution >= 4 is 11.8 Å². The maximum atomic E-state index is 12.8. The molecule has 2 aliphatic heterocycles. The molecule has 2 saturated heterocycles. The number of piperidine rings is 2. The van der Waals surface area contributed by atoms with Crippen LogP contribution in [0.3, 0.4) is 0 Å². The number of carbonyl (C=O) groups is 2. The van der Waals surface area contributed by atoms with Gasteiger partial charge >= 0.3 is 0 Å². The molecule has 0 unspecified atom stereocenters. The lowest BCUT2D eigenvalue weighted by Gasteiger charge is -2.47. The van der Waals surface area contributed by atoms with Gasteiger partial charge in [-0.15, -0.1) is 0 Å². The van der Waals surface area contributed by atoms with Gasteiger partial charge in [0.2, 0.25) is 5.91 Å². The lowest BCUT2D eigenvalue weighted by molar-refractivity contribution is -0.139. The van der Waals surface area contributed by atoms with Crippen LogP contribution in [0.4, 0.5) is 0 Å². The highest BCUT2D eigenvalue weighted by Gasteiger charge is 2.41. The zero-order valence-electron chi connectivity index (χ0n) is 16.5. The standard InChI is InChI=1S/C24H25N3O2/c25-16-20-7-4-8-21(15-20)23(29)26-13-11-24(12-14-26)10-9-22(28)27(18-24)17-19-5-2-1-3-6-19/h1-8,15H,9-14,17-18H2. The molecule has 2 aromatic rings. The fourth-order valence-electron chi connectivity index (χ4n) is 4.55. The van der Waals surface area contributed by atoms with Gasteiger partial charge in [0.1, 0.15) is 0 Å². The van der Waals surface area contributed by atoms with Gasteiger partial charge in [0.05, 0.1) is 11.6 Å². The second kappa shape index (κ2) is 8.08. The highest BCUT2D eigenvalue weighted by atomic mass is 16.2. The van der Waals surface area contributed by atoms with Gasteiger partial charge in [0.15, 0.2) is 0 Å². The molecule has 4 rings (SSSR count). The van der Waals surface area contributed by atoms with Gasteiger partial charge in [0.25, 0.3) is 5.91 Å². The second-order valence-electron chi connectivity index (χ2n) is 8.22. The van der Waals surface area contributed by atoms with E-state index in [0.717, 1.165) is 31.4 Å². The summed E-state index contributed by atoms with van der Waals surface area (Å²) < 4.78 is 0. The van der Waals surface area contributed by atoms with Gasteiger partial charge in [-0.25, -0.2) is 0 Å². The molecule has 0 N–H and O–H groups in total. The molecule has 29 heavy (non-hydrogen) atoms. The van der Waals surface area contributed by atoms with Crippen LogP contribution in [0.2, 0.25) is 0 Å². The van der Waals surface area contributed by atoms with E-state index >= 15 is 0 Å². The third-order valence-corrected chi connectivity index (χ3v) is 6.31. The first-order valence-electron chi connectivity index (χ1n) is 10.2. The van der Waals surface area contributed by atoms with Crippen molar-refractivity contribution in [3.05, 3.63) is 71.3 Å². The molecule has 5 heteroatoms. The molecule has 2 amide bonds. The molecule has 2 aliphatic rings. The predicted octanol–water partition coefficient (Wildman–Crippen LogP) is 3.60. The minimum Gasteiger partial charge on any atom is -0.339 e. The molecule has 0 aromatic heterocycles. The Morgan fingerprint density at radius 1 is 1.03 bits per heavy atom. The summed E-state index contributed by atoms with van der Waals surface area (Å²) in [5, 5.41) is 9.07. The van der Waals surface area contributed by atoms with E-state index in [4.69, 9.17) is 5.26 Å². The van der Waals surface area contributed by atoms with Gasteiger partial charge in [-0.05, 0) is 48.4 Å². The number of hydrogen-bond donors (Lipinski definition) is 0. The highest BCUT2D eigenvalue weighted by Crippen LogP contribution is 2.40. The molecule has 2 heterocycles. The molecule has 5 nitrogen and oxygen atoms in total. The van der Waals surface area contributed by atoms with Gasteiger partial charge in [0, 0.05) is 38.2 Å². The summed E-state index contributed by atoms with van der Waals surface area (Å²) in [5.41, 5.74) is 2.34. The van der Waals surface area contributed by atoms with E-state index in [0.29, 0.717) is 37.2 Å². The monoisotopic (exact) mass is 387 g/mol. The van der Waals surface area contributed by atoms with Crippen LogP contribution in [0.15, 0.2) is 54.6 Å². The van der Waals surface area contributed by atoms with E-state index < -0.39 is 0 Å². The molecule has 2 fully saturated rings. The quantitative estimate of drug-likeness (QED) is 0.808. The Morgan fingerprint density at radius 3 is 2.52 bits per heavy atom. The second-order valence-corrected chi connectivity index (χ2v) is 8.22. The molecule has 0 saturated carbocycles. The van der Waals surface area contributed by atoms with Crippen LogP contribution in [-0.2, 0) is 11.3 Å². The van der Waals surface area contributed by atoms with Crippen LogP contribution in [0, 0.1) is 16.7 Å². The van der Waals surface area contributed by atoms with Crippen molar-refractivity contribution in [2.75, 3.05) is 19.6 Å². The maximum Gasteiger partial charge on any atom is 0.253 e. The normalized spacial score (nSPS) is 18.5. The molecule has 0 atom stereocenters. The number of benzene rings is 2. The SMILES string of the molecule is N#Cc1cccc(C(=O)N2CCC3(CCC(=O)N(Cc4ccccc4)C3)CC2)c1. The number of nitriles is 1. The van der Waals surface area contributed by atoms with Crippen molar-refractivity contribution < 1.29 is 9.59 Å². The topological polar surface area (TPSA) is 64.4 Å². The Bertz CT molecular complexity index is 940. The summed E-state index contributed by atoms with van der Waals surface area (Å²) in [7, 11) is 0. The Labute approximate surface area is 171 Å². The van der Waals surface area contributed by atoms with Gasteiger partial charge in [-0.2, -0.15) is 5.26 Å². The molecular weight excluding hydrogens is 362 g/mol. The van der Waals surface area contributed by atoms with Crippen molar-refractivity contribution in [1.29, 1.82) is 5.26 Å². The van der Waals surface area contributed by atoms with E-state index in [1.165, 1.54) is 0 Å². The Hall–Kier alpha value is -3.13. The number of carbonyl (C=O) groups excluding carboxylic acids is 2. The molecule has 1 spiro atoms. The Balaban J connectivity index is 1.40. The van der Waals surface area contributed by atoms with Gasteiger partial charge < -0.3 is 9.80 Å². The fourth-order valence-corrected chi connectivity index (χ4v) is 4.55. The summed E-state index contributed by atoms with van der Waals surface area (Å²) >= 11 is 0. The summed E-state index contributed by atoms with van der Waals surface area (Å²) in [4.78, 5) is 29.2. The first-order valence-corrected chi connectivity index (χ1v) is 10.2. The van der Waals surface area contributed by atoms with E-state index in [1.54, 1.807) is 24.3 Å². The maximum absolute atomic E-state index is 12.8. The minimum atomic E-state index is -0.00928. The highest BCUT2D eigenvalue weighted by molar-refractivity contribution is 5.94. The molecule has 0 radical (unpaired) electrons. The lowest BCUT2D eigenvalue weighted by atomic mass is 9.72. The van der Waals surface area contributed by atoms with Crippen molar-refractivity contribution in [2.45, 2.75) is 32.2 Å². The minimum absolute atomic E-state index is 0.00928. The summed E-state index contributed by atoms with van der Waals surface area (Å²) in [5.74, 6) is 0.219. The number of rotatable bonds is 3. The molecular formula is C24H25N3O2. The summed E-state index contributed by atoms with van der Waals surface area (Å²) in [6, 6.07) is 19.1. The average molecular weight is 387 g/mol. The molecule has 148 valence electrons. The van der Waals surface area contributed by atoms with E-state index in [1.807, 2.05) is 28.0 Å². The number of hydrogen-bond acceptors (Lipinski definition) is 3. The molecule has 0 bridgehead atoms. The predicted molar refractivity (Wildman–Crippen MR) is 110 cm³/mol. The van der Waals surface area contributed by atoms with Gasteiger partial charge in [-0.1, -0.05) is 36.4 Å². The first-order chi connectivity index (χ1) is 14.1. The molecule has 0 aliphatic carbocycles.